The zero-order chi connectivity index (χ0) is 14.6. The number of anilines is 1. The van der Waals surface area contributed by atoms with Gasteiger partial charge in [-0.1, -0.05) is 63.3 Å². The van der Waals surface area contributed by atoms with Crippen LogP contribution in [0.4, 0.5) is 5.69 Å². The van der Waals surface area contributed by atoms with E-state index in [9.17, 15) is 0 Å². The smallest absolute Gasteiger partial charge is 0.0552 e. The van der Waals surface area contributed by atoms with Gasteiger partial charge >= 0.3 is 0 Å². The Morgan fingerprint density at radius 3 is 2.43 bits per heavy atom. The normalized spacial score (nSPS) is 23.5. The molecule has 2 atom stereocenters. The molecular formula is C20H21N. The average Bonchev–Trinajstić information content (AvgIpc) is 2.80. The maximum absolute atomic E-state index is 3.67. The molecular weight excluding hydrogens is 254 g/mol. The standard InChI is InChI=1S/C20H21N/c1-20(2,3)15-8-9-18-17(12-15)16-10-13-6-4-5-7-14(13)11-19(16)21-18/h4-12,17-18,21H,1-3H3. The number of allylic oxidation sites excluding steroid dienone is 2. The fourth-order valence-electron chi connectivity index (χ4n) is 3.44. The van der Waals surface area contributed by atoms with Crippen molar-refractivity contribution in [3.05, 3.63) is 65.8 Å². The van der Waals surface area contributed by atoms with Crippen molar-refractivity contribution < 1.29 is 0 Å². The quantitative estimate of drug-likeness (QED) is 0.691. The summed E-state index contributed by atoms with van der Waals surface area (Å²) in [7, 11) is 0. The second-order valence-electron chi connectivity index (χ2n) is 7.21. The Labute approximate surface area is 126 Å². The van der Waals surface area contributed by atoms with Gasteiger partial charge in [0.2, 0.25) is 0 Å². The van der Waals surface area contributed by atoms with Crippen LogP contribution in [0.25, 0.3) is 10.8 Å². The molecule has 0 spiro atoms. The van der Waals surface area contributed by atoms with E-state index in [0.29, 0.717) is 12.0 Å². The molecule has 0 saturated heterocycles. The van der Waals surface area contributed by atoms with Gasteiger partial charge in [-0.3, -0.25) is 0 Å². The Hall–Kier alpha value is -2.02. The third kappa shape index (κ3) is 1.99. The monoisotopic (exact) mass is 275 g/mol. The second-order valence-corrected chi connectivity index (χ2v) is 7.21. The molecule has 1 aliphatic heterocycles. The van der Waals surface area contributed by atoms with Crippen LogP contribution in [0.3, 0.4) is 0 Å². The molecule has 0 bridgehead atoms. The lowest BCUT2D eigenvalue weighted by atomic mass is 9.78. The summed E-state index contributed by atoms with van der Waals surface area (Å²) in [6.45, 7) is 6.85. The van der Waals surface area contributed by atoms with Crippen molar-refractivity contribution in [3.8, 4) is 0 Å². The molecule has 4 rings (SSSR count). The van der Waals surface area contributed by atoms with Crippen molar-refractivity contribution in [2.45, 2.75) is 32.7 Å². The molecule has 21 heavy (non-hydrogen) atoms. The van der Waals surface area contributed by atoms with Crippen LogP contribution < -0.4 is 5.32 Å². The Bertz CT molecular complexity index is 774. The molecule has 0 radical (unpaired) electrons. The van der Waals surface area contributed by atoms with E-state index in [2.05, 4.69) is 80.7 Å². The first kappa shape index (κ1) is 12.7. The van der Waals surface area contributed by atoms with Crippen LogP contribution >= 0.6 is 0 Å². The molecule has 1 heterocycles. The van der Waals surface area contributed by atoms with Crippen LogP contribution in [0.15, 0.2) is 60.2 Å². The Morgan fingerprint density at radius 1 is 1.00 bits per heavy atom. The maximum Gasteiger partial charge on any atom is 0.0552 e. The zero-order valence-electron chi connectivity index (χ0n) is 12.9. The summed E-state index contributed by atoms with van der Waals surface area (Å²) in [5, 5.41) is 6.31. The van der Waals surface area contributed by atoms with Gasteiger partial charge in [-0.05, 0) is 39.5 Å². The van der Waals surface area contributed by atoms with Crippen LogP contribution in [0.5, 0.6) is 0 Å². The van der Waals surface area contributed by atoms with Crippen LogP contribution in [-0.2, 0) is 0 Å². The summed E-state index contributed by atoms with van der Waals surface area (Å²) in [6.07, 6.45) is 7.08. The van der Waals surface area contributed by atoms with Crippen molar-refractivity contribution in [2.75, 3.05) is 5.32 Å². The lowest BCUT2D eigenvalue weighted by Crippen LogP contribution is -2.22. The molecule has 0 aromatic heterocycles. The minimum Gasteiger partial charge on any atom is -0.378 e. The Morgan fingerprint density at radius 2 is 1.71 bits per heavy atom. The first-order valence-electron chi connectivity index (χ1n) is 7.72. The van der Waals surface area contributed by atoms with Gasteiger partial charge in [0.1, 0.15) is 0 Å². The topological polar surface area (TPSA) is 12.0 Å². The number of fused-ring (bicyclic) bond motifs is 4. The fraction of sp³-hybridized carbons (Fsp3) is 0.300. The highest BCUT2D eigenvalue weighted by molar-refractivity contribution is 5.89. The average molecular weight is 275 g/mol. The third-order valence-electron chi connectivity index (χ3n) is 4.69. The van der Waals surface area contributed by atoms with Crippen molar-refractivity contribution in [1.29, 1.82) is 0 Å². The number of hydrogen-bond donors (Lipinski definition) is 1. The summed E-state index contributed by atoms with van der Waals surface area (Å²) < 4.78 is 0. The molecule has 0 fully saturated rings. The molecule has 0 amide bonds. The SMILES string of the molecule is CC(C)(C)C1=CC2c3cc4ccccc4cc3NC2C=C1. The van der Waals surface area contributed by atoms with E-state index in [-0.39, 0.29) is 5.41 Å². The van der Waals surface area contributed by atoms with Crippen LogP contribution in [0.2, 0.25) is 0 Å². The van der Waals surface area contributed by atoms with Crippen molar-refractivity contribution in [1.82, 2.24) is 0 Å². The van der Waals surface area contributed by atoms with Gasteiger partial charge in [0.25, 0.3) is 0 Å². The van der Waals surface area contributed by atoms with Crippen LogP contribution in [0, 0.1) is 5.41 Å². The minimum atomic E-state index is 0.209. The molecule has 1 nitrogen and oxygen atoms in total. The maximum atomic E-state index is 3.67. The largest absolute Gasteiger partial charge is 0.378 e. The molecule has 1 heteroatoms. The van der Waals surface area contributed by atoms with E-state index >= 15 is 0 Å². The summed E-state index contributed by atoms with van der Waals surface area (Å²) >= 11 is 0. The number of hydrogen-bond acceptors (Lipinski definition) is 1. The van der Waals surface area contributed by atoms with E-state index in [1.54, 1.807) is 0 Å². The first-order valence-corrected chi connectivity index (χ1v) is 7.72. The van der Waals surface area contributed by atoms with Gasteiger partial charge in [-0.15, -0.1) is 0 Å². The van der Waals surface area contributed by atoms with Gasteiger partial charge in [-0.2, -0.15) is 0 Å². The summed E-state index contributed by atoms with van der Waals surface area (Å²) in [5.41, 5.74) is 4.37. The van der Waals surface area contributed by atoms with E-state index < -0.39 is 0 Å². The number of nitrogens with one attached hydrogen (secondary N) is 1. The second kappa shape index (κ2) is 4.24. The van der Waals surface area contributed by atoms with Crippen molar-refractivity contribution >= 4 is 16.5 Å². The summed E-state index contributed by atoms with van der Waals surface area (Å²) in [4.78, 5) is 0. The van der Waals surface area contributed by atoms with Gasteiger partial charge in [0, 0.05) is 11.6 Å². The Kier molecular flexibility index (Phi) is 2.56. The summed E-state index contributed by atoms with van der Waals surface area (Å²) in [6, 6.07) is 13.7. The van der Waals surface area contributed by atoms with Gasteiger partial charge in [0.15, 0.2) is 0 Å². The molecule has 2 aromatic rings. The predicted molar refractivity (Wildman–Crippen MR) is 90.8 cm³/mol. The molecule has 1 aliphatic carbocycles. The van der Waals surface area contributed by atoms with Gasteiger partial charge < -0.3 is 5.32 Å². The highest BCUT2D eigenvalue weighted by Crippen LogP contribution is 2.44. The Balaban J connectivity index is 1.85. The third-order valence-corrected chi connectivity index (χ3v) is 4.69. The molecule has 2 unspecified atom stereocenters. The highest BCUT2D eigenvalue weighted by Gasteiger charge is 2.33. The first-order chi connectivity index (χ1) is 10.0. The molecule has 0 saturated carbocycles. The lowest BCUT2D eigenvalue weighted by molar-refractivity contribution is 0.508. The molecule has 1 N–H and O–H groups in total. The molecule has 2 aliphatic rings. The lowest BCUT2D eigenvalue weighted by Gasteiger charge is -2.27. The van der Waals surface area contributed by atoms with Crippen LogP contribution in [0.1, 0.15) is 32.3 Å². The minimum absolute atomic E-state index is 0.209. The molecule has 2 aromatic carbocycles. The van der Waals surface area contributed by atoms with E-state index in [1.165, 1.54) is 27.6 Å². The number of benzene rings is 2. The van der Waals surface area contributed by atoms with Crippen molar-refractivity contribution in [2.24, 2.45) is 5.41 Å². The van der Waals surface area contributed by atoms with E-state index in [1.807, 2.05) is 0 Å². The fourth-order valence-corrected chi connectivity index (χ4v) is 3.44. The number of rotatable bonds is 0. The van der Waals surface area contributed by atoms with Crippen LogP contribution in [-0.4, -0.2) is 6.04 Å². The van der Waals surface area contributed by atoms with Crippen molar-refractivity contribution in [3.63, 3.8) is 0 Å². The van der Waals surface area contributed by atoms with Gasteiger partial charge in [0.05, 0.1) is 6.04 Å². The highest BCUT2D eigenvalue weighted by atomic mass is 15.0. The van der Waals surface area contributed by atoms with Gasteiger partial charge in [-0.25, -0.2) is 0 Å². The predicted octanol–water partition coefficient (Wildman–Crippen LogP) is 5.26. The zero-order valence-corrected chi connectivity index (χ0v) is 12.9. The van der Waals surface area contributed by atoms with E-state index in [0.717, 1.165) is 0 Å². The molecule has 106 valence electrons. The summed E-state index contributed by atoms with van der Waals surface area (Å²) in [5.74, 6) is 0.462. The van der Waals surface area contributed by atoms with E-state index in [4.69, 9.17) is 0 Å².